The summed E-state index contributed by atoms with van der Waals surface area (Å²) in [5.74, 6) is 7.96. The SMILES string of the molecule is C=C(C)[C@@H]1C[C@H](CO)[C@@H]2CC[C@@H]3[C@@H]4CC[C@@H]5[C@H](CC[C@H](O)C5(C)C)[C@@H]4CC[C@H]3[C@H]21. The van der Waals surface area contributed by atoms with Crippen LogP contribution in [0.4, 0.5) is 0 Å². The first-order valence-electron chi connectivity index (χ1n) is 12.8. The topological polar surface area (TPSA) is 40.5 Å². The average molecular weight is 401 g/mol. The van der Waals surface area contributed by atoms with Gasteiger partial charge < -0.3 is 10.2 Å². The first kappa shape index (κ1) is 20.6. The second-order valence-corrected chi connectivity index (χ2v) is 12.4. The molecule has 29 heavy (non-hydrogen) atoms. The Morgan fingerprint density at radius 3 is 2.07 bits per heavy atom. The van der Waals surface area contributed by atoms with E-state index in [1.165, 1.54) is 56.9 Å². The fourth-order valence-corrected chi connectivity index (χ4v) is 9.95. The van der Waals surface area contributed by atoms with E-state index >= 15 is 0 Å². The molecule has 0 radical (unpaired) electrons. The van der Waals surface area contributed by atoms with Crippen molar-refractivity contribution in [2.75, 3.05) is 6.61 Å². The standard InChI is InChI=1S/C27H44O2/c1-15(2)23-13-16(14-28)17-5-6-20-18-9-11-24-21(10-12-25(29)27(24,3)4)19(18)7-8-22(20)26(17)23/h16-26,28-29H,1,5-14H2,2-4H3/t16-,17+,18-,19-,20-,21-,22-,23+,24-,25+,26+/m1/s1. The Labute approximate surface area is 178 Å². The van der Waals surface area contributed by atoms with Crippen LogP contribution in [0.15, 0.2) is 12.2 Å². The van der Waals surface area contributed by atoms with Gasteiger partial charge in [0.15, 0.2) is 0 Å². The third-order valence-corrected chi connectivity index (χ3v) is 11.3. The van der Waals surface area contributed by atoms with Crippen LogP contribution in [-0.4, -0.2) is 22.9 Å². The normalized spacial score (nSPS) is 53.3. The van der Waals surface area contributed by atoms with Crippen molar-refractivity contribution < 1.29 is 10.2 Å². The Morgan fingerprint density at radius 1 is 0.828 bits per heavy atom. The fraction of sp³-hybridized carbons (Fsp3) is 0.926. The van der Waals surface area contributed by atoms with Crippen molar-refractivity contribution in [3.63, 3.8) is 0 Å². The third kappa shape index (κ3) is 3.02. The zero-order valence-corrected chi connectivity index (χ0v) is 19.0. The molecule has 0 bridgehead atoms. The second kappa shape index (κ2) is 7.37. The van der Waals surface area contributed by atoms with E-state index in [1.54, 1.807) is 0 Å². The molecule has 5 saturated carbocycles. The van der Waals surface area contributed by atoms with E-state index in [1.807, 2.05) is 0 Å². The van der Waals surface area contributed by atoms with Crippen LogP contribution in [0.1, 0.15) is 78.6 Å². The van der Waals surface area contributed by atoms with Crippen molar-refractivity contribution in [1.82, 2.24) is 0 Å². The Bertz CT molecular complexity index is 638. The van der Waals surface area contributed by atoms with Gasteiger partial charge in [-0.05, 0) is 129 Å². The van der Waals surface area contributed by atoms with Crippen LogP contribution in [0.3, 0.4) is 0 Å². The second-order valence-electron chi connectivity index (χ2n) is 12.4. The van der Waals surface area contributed by atoms with E-state index in [-0.39, 0.29) is 11.5 Å². The average Bonchev–Trinajstić information content (AvgIpc) is 3.09. The summed E-state index contributed by atoms with van der Waals surface area (Å²) in [7, 11) is 0. The van der Waals surface area contributed by atoms with Crippen molar-refractivity contribution in [3.05, 3.63) is 12.2 Å². The summed E-state index contributed by atoms with van der Waals surface area (Å²) in [6, 6.07) is 0. The van der Waals surface area contributed by atoms with Crippen LogP contribution in [-0.2, 0) is 0 Å². The molecular weight excluding hydrogens is 356 g/mol. The Balaban J connectivity index is 1.39. The lowest BCUT2D eigenvalue weighted by molar-refractivity contribution is -0.134. The minimum atomic E-state index is -0.0997. The van der Waals surface area contributed by atoms with Crippen LogP contribution in [0.25, 0.3) is 0 Å². The summed E-state index contributed by atoms with van der Waals surface area (Å²) in [5, 5.41) is 20.7. The zero-order chi connectivity index (χ0) is 20.5. The summed E-state index contributed by atoms with van der Waals surface area (Å²) in [6.07, 6.45) is 11.7. The van der Waals surface area contributed by atoms with E-state index in [4.69, 9.17) is 0 Å². The lowest BCUT2D eigenvalue weighted by Crippen LogP contribution is -2.54. The smallest absolute Gasteiger partial charge is 0.0594 e. The monoisotopic (exact) mass is 400 g/mol. The number of hydrogen-bond donors (Lipinski definition) is 2. The number of fused-ring (bicyclic) bond motifs is 7. The summed E-state index contributed by atoms with van der Waals surface area (Å²) in [5.41, 5.74) is 1.48. The summed E-state index contributed by atoms with van der Waals surface area (Å²) in [6.45, 7) is 11.7. The van der Waals surface area contributed by atoms with Crippen LogP contribution in [0.5, 0.6) is 0 Å². The zero-order valence-electron chi connectivity index (χ0n) is 19.0. The lowest BCUT2D eigenvalue weighted by atomic mass is 9.45. The molecule has 0 unspecified atom stereocenters. The predicted molar refractivity (Wildman–Crippen MR) is 118 cm³/mol. The fourth-order valence-electron chi connectivity index (χ4n) is 9.95. The van der Waals surface area contributed by atoms with Gasteiger partial charge in [0.05, 0.1) is 6.10 Å². The molecule has 5 fully saturated rings. The molecule has 5 aliphatic rings. The number of aliphatic hydroxyl groups is 2. The Hall–Kier alpha value is -0.340. The molecule has 11 atom stereocenters. The van der Waals surface area contributed by atoms with Gasteiger partial charge in [-0.3, -0.25) is 0 Å². The van der Waals surface area contributed by atoms with Gasteiger partial charge in [-0.1, -0.05) is 26.0 Å². The minimum absolute atomic E-state index is 0.0997. The summed E-state index contributed by atoms with van der Waals surface area (Å²) >= 11 is 0. The molecule has 164 valence electrons. The largest absolute Gasteiger partial charge is 0.396 e. The molecule has 0 aliphatic heterocycles. The van der Waals surface area contributed by atoms with E-state index in [2.05, 4.69) is 27.4 Å². The molecule has 2 N–H and O–H groups in total. The van der Waals surface area contributed by atoms with Gasteiger partial charge in [0, 0.05) is 6.61 Å². The molecule has 5 aliphatic carbocycles. The van der Waals surface area contributed by atoms with Gasteiger partial charge >= 0.3 is 0 Å². The van der Waals surface area contributed by atoms with Gasteiger partial charge in [-0.2, -0.15) is 0 Å². The lowest BCUT2D eigenvalue weighted by Gasteiger charge is -2.60. The summed E-state index contributed by atoms with van der Waals surface area (Å²) < 4.78 is 0. The molecule has 0 aromatic rings. The van der Waals surface area contributed by atoms with Crippen molar-refractivity contribution in [3.8, 4) is 0 Å². The highest BCUT2D eigenvalue weighted by Crippen LogP contribution is 2.65. The van der Waals surface area contributed by atoms with E-state index in [9.17, 15) is 10.2 Å². The van der Waals surface area contributed by atoms with Crippen LogP contribution < -0.4 is 0 Å². The molecule has 0 spiro atoms. The molecule has 0 saturated heterocycles. The molecular formula is C27H44O2. The van der Waals surface area contributed by atoms with Crippen LogP contribution in [0, 0.1) is 64.6 Å². The van der Waals surface area contributed by atoms with E-state index < -0.39 is 0 Å². The first-order valence-corrected chi connectivity index (χ1v) is 12.8. The highest BCUT2D eigenvalue weighted by atomic mass is 16.3. The van der Waals surface area contributed by atoms with Gasteiger partial charge in [0.1, 0.15) is 0 Å². The van der Waals surface area contributed by atoms with Crippen LogP contribution in [0.2, 0.25) is 0 Å². The molecule has 5 rings (SSSR count). The van der Waals surface area contributed by atoms with Gasteiger partial charge in [-0.15, -0.1) is 0 Å². The van der Waals surface area contributed by atoms with Crippen molar-refractivity contribution in [2.45, 2.75) is 84.7 Å². The molecule has 0 heterocycles. The predicted octanol–water partition coefficient (Wildman–Crippen LogP) is 5.68. The number of aliphatic hydroxyl groups excluding tert-OH is 2. The quantitative estimate of drug-likeness (QED) is 0.585. The Morgan fingerprint density at radius 2 is 1.38 bits per heavy atom. The molecule has 2 nitrogen and oxygen atoms in total. The molecule has 0 aromatic carbocycles. The maximum absolute atomic E-state index is 10.7. The number of hydrogen-bond acceptors (Lipinski definition) is 2. The van der Waals surface area contributed by atoms with Gasteiger partial charge in [0.2, 0.25) is 0 Å². The first-order chi connectivity index (χ1) is 13.8. The molecule has 2 heteroatoms. The maximum Gasteiger partial charge on any atom is 0.0594 e. The number of allylic oxidation sites excluding steroid dienone is 1. The van der Waals surface area contributed by atoms with Crippen molar-refractivity contribution in [1.29, 1.82) is 0 Å². The minimum Gasteiger partial charge on any atom is -0.396 e. The van der Waals surface area contributed by atoms with Gasteiger partial charge in [0.25, 0.3) is 0 Å². The van der Waals surface area contributed by atoms with Crippen molar-refractivity contribution >= 4 is 0 Å². The number of rotatable bonds is 2. The van der Waals surface area contributed by atoms with Crippen molar-refractivity contribution in [2.24, 2.45) is 64.6 Å². The molecule has 0 aromatic heterocycles. The maximum atomic E-state index is 10.7. The van der Waals surface area contributed by atoms with E-state index in [0.717, 1.165) is 53.8 Å². The van der Waals surface area contributed by atoms with Gasteiger partial charge in [-0.25, -0.2) is 0 Å². The highest BCUT2D eigenvalue weighted by molar-refractivity contribution is 5.12. The Kier molecular flexibility index (Phi) is 5.22. The summed E-state index contributed by atoms with van der Waals surface area (Å²) in [4.78, 5) is 0. The van der Waals surface area contributed by atoms with E-state index in [0.29, 0.717) is 18.4 Å². The molecule has 0 amide bonds. The van der Waals surface area contributed by atoms with Crippen LogP contribution >= 0.6 is 0 Å². The third-order valence-electron chi connectivity index (χ3n) is 11.3. The highest BCUT2D eigenvalue weighted by Gasteiger charge is 2.58.